The maximum Gasteiger partial charge on any atom is 0.255 e. The van der Waals surface area contributed by atoms with Crippen LogP contribution in [0.5, 0.6) is 11.5 Å². The van der Waals surface area contributed by atoms with Crippen molar-refractivity contribution in [3.8, 4) is 40.1 Å². The molecule has 350 valence electrons. The van der Waals surface area contributed by atoms with Crippen molar-refractivity contribution in [2.75, 3.05) is 46.4 Å². The van der Waals surface area contributed by atoms with E-state index in [1.165, 1.54) is 18.9 Å². The highest BCUT2D eigenvalue weighted by Crippen LogP contribution is 2.40. The van der Waals surface area contributed by atoms with Gasteiger partial charge in [-0.1, -0.05) is 51.1 Å². The Balaban J connectivity index is 1.58. The molecule has 4 atom stereocenters. The van der Waals surface area contributed by atoms with E-state index in [0.29, 0.717) is 51.0 Å². The van der Waals surface area contributed by atoms with Gasteiger partial charge in [0.25, 0.3) is 5.91 Å². The average molecular weight is 904 g/mol. The highest BCUT2D eigenvalue weighted by atomic mass is 16.5. The number of fused-ring (bicyclic) bond motifs is 5. The molecule has 0 fully saturated rings. The molecule has 18 nitrogen and oxygen atoms in total. The Labute approximate surface area is 385 Å². The summed E-state index contributed by atoms with van der Waals surface area (Å²) in [6.45, 7) is 11.5. The lowest BCUT2D eigenvalue weighted by molar-refractivity contribution is -0.141. The van der Waals surface area contributed by atoms with E-state index in [9.17, 15) is 29.2 Å². The number of nitrogens with zero attached hydrogens (tertiary/aromatic N) is 4. The molecule has 1 aliphatic rings. The Morgan fingerprint density at radius 1 is 0.894 bits per heavy atom. The molecule has 4 aromatic rings. The van der Waals surface area contributed by atoms with Gasteiger partial charge in [0.2, 0.25) is 23.6 Å². The minimum Gasteiger partial charge on any atom is -0.492 e. The third-order valence-electron chi connectivity index (χ3n) is 11.1. The maximum absolute atomic E-state index is 14.7. The predicted octanol–water partition coefficient (Wildman–Crippen LogP) is 2.23. The number of nitrogens with two attached hydrogens (primary N) is 3. The van der Waals surface area contributed by atoms with E-state index >= 15 is 0 Å². The van der Waals surface area contributed by atoms with Gasteiger partial charge in [-0.25, -0.2) is 9.97 Å². The molecule has 18 heteroatoms. The number of likely N-dealkylation sites (N-methyl/N-ethyl adjacent to an activating group) is 1. The minimum absolute atomic E-state index is 0.000301. The van der Waals surface area contributed by atoms with Crippen molar-refractivity contribution in [2.45, 2.75) is 84.0 Å². The number of hydrogen-bond donors (Lipinski definition) is 7. The predicted molar refractivity (Wildman–Crippen MR) is 249 cm³/mol. The Morgan fingerprint density at radius 3 is 2.14 bits per heavy atom. The number of carbonyl (C=O) groups is 5. The van der Waals surface area contributed by atoms with Crippen molar-refractivity contribution in [2.24, 2.45) is 17.2 Å². The van der Waals surface area contributed by atoms with E-state index in [2.05, 4.69) is 42.0 Å². The molecule has 1 aliphatic heterocycles. The van der Waals surface area contributed by atoms with Gasteiger partial charge in [-0.2, -0.15) is 5.26 Å². The number of carbonyl (C=O) groups excluding carboxylic acids is 5. The van der Waals surface area contributed by atoms with Gasteiger partial charge < -0.3 is 52.8 Å². The van der Waals surface area contributed by atoms with E-state index in [1.54, 1.807) is 50.2 Å². The average Bonchev–Trinajstić information content (AvgIpc) is 3.28. The summed E-state index contributed by atoms with van der Waals surface area (Å²) in [4.78, 5) is 81.2. The highest BCUT2D eigenvalue weighted by molar-refractivity contribution is 6.00. The Kier molecular flexibility index (Phi) is 16.9. The molecule has 5 rings (SSSR count). The lowest BCUT2D eigenvalue weighted by Gasteiger charge is -2.32. The molecule has 0 aliphatic carbocycles. The molecule has 0 saturated heterocycles. The summed E-state index contributed by atoms with van der Waals surface area (Å²) < 4.78 is 12.2. The van der Waals surface area contributed by atoms with Crippen LogP contribution in [0.1, 0.15) is 78.6 Å². The number of benzene rings is 3. The van der Waals surface area contributed by atoms with Crippen molar-refractivity contribution in [3.63, 3.8) is 0 Å². The van der Waals surface area contributed by atoms with Gasteiger partial charge in [0.05, 0.1) is 23.0 Å². The van der Waals surface area contributed by atoms with Crippen LogP contribution in [0.2, 0.25) is 0 Å². The summed E-state index contributed by atoms with van der Waals surface area (Å²) in [5.74, 6) is -2.13. The molecule has 0 saturated carbocycles. The van der Waals surface area contributed by atoms with Crippen molar-refractivity contribution >= 4 is 29.5 Å². The fourth-order valence-electron chi connectivity index (χ4n) is 7.66. The van der Waals surface area contributed by atoms with Gasteiger partial charge in [-0.3, -0.25) is 24.0 Å². The third kappa shape index (κ3) is 12.0. The van der Waals surface area contributed by atoms with Gasteiger partial charge in [0.15, 0.2) is 5.82 Å². The van der Waals surface area contributed by atoms with Crippen molar-refractivity contribution < 1.29 is 33.4 Å². The smallest absolute Gasteiger partial charge is 0.255 e. The lowest BCUT2D eigenvalue weighted by atomic mass is 9.86. The normalized spacial score (nSPS) is 16.7. The summed E-state index contributed by atoms with van der Waals surface area (Å²) in [5, 5.41) is 19.9. The van der Waals surface area contributed by atoms with E-state index in [0.717, 1.165) is 11.1 Å². The zero-order valence-corrected chi connectivity index (χ0v) is 38.6. The van der Waals surface area contributed by atoms with Gasteiger partial charge in [-0.15, -0.1) is 0 Å². The first kappa shape index (κ1) is 50.1. The number of ether oxygens (including phenoxy) is 2. The van der Waals surface area contributed by atoms with Gasteiger partial charge in [0.1, 0.15) is 55.4 Å². The number of aryl methyl sites for hydroxylation is 2. The number of hydrogen-bond acceptors (Lipinski definition) is 13. The van der Waals surface area contributed by atoms with E-state index in [-0.39, 0.29) is 63.2 Å². The molecule has 0 spiro atoms. The second-order valence-electron chi connectivity index (χ2n) is 17.1. The fourth-order valence-corrected chi connectivity index (χ4v) is 7.66. The van der Waals surface area contributed by atoms with Crippen LogP contribution >= 0.6 is 0 Å². The SMILES string of the molecule is Cc1nc(-c2cccc(C(C)(C)C)c2)nc(C)c1C(=O)N[C@@H](CCN)C(=O)N(C)[C@@H]1C(=O)N[C@@H](C)C(=O)N[C@H](C(=O)NCC#N)Cc2ccc(OCCN)c(c2)-c2cc1ccc2OCCN. The largest absolute Gasteiger partial charge is 0.492 e. The van der Waals surface area contributed by atoms with Crippen LogP contribution in [0, 0.1) is 25.2 Å². The number of nitriles is 1. The second kappa shape index (κ2) is 22.3. The second-order valence-corrected chi connectivity index (χ2v) is 17.1. The standard InChI is InChI=1S/C48H61N11O7/c1-27-40(28(2)55-42(54-27)32-9-8-10-33(25-32)48(4,5)6)45(62)57-36(15-16-49)47(64)59(7)41-31-12-14-39(66-22-19-52)35(26-31)34-23-30(11-13-38(34)65-21-18-51)24-37(44(61)53-20-17-50)58-43(60)29(3)56-46(41)63/h8-14,23,25-26,29,36-37,41H,15-16,18-22,24,49,51-52H2,1-7H3,(H,53,61)(H,56,63)(H,57,62)(H,58,60)/t29-,36-,37-,41-/m0/s1. The molecular weight excluding hydrogens is 843 g/mol. The molecule has 66 heavy (non-hydrogen) atoms. The number of aromatic nitrogens is 2. The Bertz CT molecular complexity index is 2460. The summed E-state index contributed by atoms with van der Waals surface area (Å²) >= 11 is 0. The quantitative estimate of drug-likeness (QED) is 0.0845. The topological polar surface area (TPSA) is 283 Å². The van der Waals surface area contributed by atoms with Crippen LogP contribution in [0.25, 0.3) is 22.5 Å². The van der Waals surface area contributed by atoms with Crippen LogP contribution in [0.4, 0.5) is 0 Å². The summed E-state index contributed by atoms with van der Waals surface area (Å²) in [7, 11) is 1.42. The lowest BCUT2D eigenvalue weighted by Crippen LogP contribution is -2.56. The molecule has 0 radical (unpaired) electrons. The van der Waals surface area contributed by atoms with Crippen molar-refractivity contribution in [1.82, 2.24) is 36.1 Å². The van der Waals surface area contributed by atoms with E-state index in [1.807, 2.05) is 30.3 Å². The maximum atomic E-state index is 14.7. The molecule has 0 unspecified atom stereocenters. The van der Waals surface area contributed by atoms with Crippen LogP contribution in [-0.2, 0) is 31.0 Å². The summed E-state index contributed by atoms with van der Waals surface area (Å²) in [5.41, 5.74) is 22.3. The highest BCUT2D eigenvalue weighted by Gasteiger charge is 2.36. The molecular formula is C48H61N11O7. The molecule has 5 amide bonds. The van der Waals surface area contributed by atoms with E-state index < -0.39 is 53.7 Å². The molecule has 2 heterocycles. The zero-order valence-electron chi connectivity index (χ0n) is 38.6. The van der Waals surface area contributed by atoms with Crippen LogP contribution in [-0.4, -0.2) is 109 Å². The summed E-state index contributed by atoms with van der Waals surface area (Å²) in [6, 6.07) is 14.9. The Morgan fingerprint density at radius 2 is 1.53 bits per heavy atom. The molecule has 4 bridgehead atoms. The van der Waals surface area contributed by atoms with Crippen molar-refractivity contribution in [1.29, 1.82) is 5.26 Å². The van der Waals surface area contributed by atoms with E-state index in [4.69, 9.17) is 36.6 Å². The third-order valence-corrected chi connectivity index (χ3v) is 11.1. The fraction of sp³-hybridized carbons (Fsp3) is 0.417. The first-order chi connectivity index (χ1) is 31.4. The molecule has 3 aromatic carbocycles. The van der Waals surface area contributed by atoms with Crippen LogP contribution in [0.15, 0.2) is 60.7 Å². The molecule has 10 N–H and O–H groups in total. The molecule has 1 aromatic heterocycles. The minimum atomic E-state index is -1.41. The van der Waals surface area contributed by atoms with Crippen molar-refractivity contribution in [3.05, 3.63) is 94.3 Å². The van der Waals surface area contributed by atoms with Crippen LogP contribution in [0.3, 0.4) is 0 Å². The van der Waals surface area contributed by atoms with Gasteiger partial charge in [-0.05, 0) is 86.2 Å². The Hall–Kier alpha value is -6.94. The first-order valence-electron chi connectivity index (χ1n) is 21.8. The first-order valence-corrected chi connectivity index (χ1v) is 21.8. The summed E-state index contributed by atoms with van der Waals surface area (Å²) in [6.07, 6.45) is 0.000956. The van der Waals surface area contributed by atoms with Gasteiger partial charge >= 0.3 is 0 Å². The monoisotopic (exact) mass is 903 g/mol. The van der Waals surface area contributed by atoms with Gasteiger partial charge in [0, 0.05) is 43.2 Å². The van der Waals surface area contributed by atoms with Crippen LogP contribution < -0.4 is 47.9 Å². The number of amides is 5. The number of nitrogens with one attached hydrogen (secondary N) is 4. The zero-order chi connectivity index (χ0) is 48.3. The number of rotatable bonds is 15.